The highest BCUT2D eigenvalue weighted by Crippen LogP contribution is 2.45. The largest absolute Gasteiger partial charge is 0.467 e. The monoisotopic (exact) mass is 333 g/mol. The van der Waals surface area contributed by atoms with Gasteiger partial charge in [-0.05, 0) is 61.8 Å². The summed E-state index contributed by atoms with van der Waals surface area (Å²) >= 11 is 0. The van der Waals surface area contributed by atoms with E-state index in [1.807, 2.05) is 19.1 Å². The number of fused-ring (bicyclic) bond motifs is 1. The predicted molar refractivity (Wildman–Crippen MR) is 101 cm³/mol. The van der Waals surface area contributed by atoms with Gasteiger partial charge in [0.05, 0.1) is 18.5 Å². The van der Waals surface area contributed by atoms with Gasteiger partial charge in [0.2, 0.25) is 0 Å². The Balaban J connectivity index is 0.000000880. The van der Waals surface area contributed by atoms with Crippen LogP contribution in [0.2, 0.25) is 0 Å². The minimum Gasteiger partial charge on any atom is -0.467 e. The maximum atomic E-state index is 5.80. The van der Waals surface area contributed by atoms with Crippen LogP contribution in [0.3, 0.4) is 0 Å². The summed E-state index contributed by atoms with van der Waals surface area (Å²) in [5.74, 6) is 3.23. The fourth-order valence-electron chi connectivity index (χ4n) is 3.24. The molecule has 1 radical (unpaired) electrons. The van der Waals surface area contributed by atoms with Gasteiger partial charge < -0.3 is 15.5 Å². The molecule has 1 aliphatic heterocycles. The molecule has 0 saturated heterocycles. The minimum absolute atomic E-state index is 0.620. The number of hydrogen-bond acceptors (Lipinski definition) is 5. The van der Waals surface area contributed by atoms with Crippen molar-refractivity contribution in [1.29, 1.82) is 0 Å². The fraction of sp³-hybridized carbons (Fsp3) is 0.368. The van der Waals surface area contributed by atoms with Gasteiger partial charge in [0.15, 0.2) is 7.28 Å². The minimum atomic E-state index is 0.620. The van der Waals surface area contributed by atoms with Crippen LogP contribution in [-0.2, 0) is 6.54 Å². The van der Waals surface area contributed by atoms with Crippen molar-refractivity contribution in [2.24, 2.45) is 11.7 Å². The van der Waals surface area contributed by atoms with Crippen molar-refractivity contribution in [1.82, 2.24) is 9.97 Å². The number of nitrogens with zero attached hydrogens (tertiary/aromatic N) is 2. The first-order valence-corrected chi connectivity index (χ1v) is 8.52. The van der Waals surface area contributed by atoms with Gasteiger partial charge in [0, 0.05) is 0 Å². The first kappa shape index (κ1) is 17.3. The lowest BCUT2D eigenvalue weighted by Crippen LogP contribution is -2.24. The Morgan fingerprint density at radius 2 is 2.16 bits per heavy atom. The molecule has 127 valence electrons. The zero-order valence-corrected chi connectivity index (χ0v) is 14.5. The molecule has 0 unspecified atom stereocenters. The summed E-state index contributed by atoms with van der Waals surface area (Å²) in [6.07, 6.45) is 13.1. The molecule has 2 aliphatic rings. The number of furan rings is 1. The summed E-state index contributed by atoms with van der Waals surface area (Å²) in [5.41, 5.74) is 10.7. The van der Waals surface area contributed by atoms with Crippen molar-refractivity contribution in [2.45, 2.75) is 32.7 Å². The lowest BCUT2D eigenvalue weighted by molar-refractivity contribution is 0.518. The van der Waals surface area contributed by atoms with Crippen LogP contribution in [0.5, 0.6) is 0 Å². The Labute approximate surface area is 149 Å². The maximum absolute atomic E-state index is 5.80. The second-order valence-electron chi connectivity index (χ2n) is 6.21. The van der Waals surface area contributed by atoms with Gasteiger partial charge in [0.1, 0.15) is 17.4 Å². The molecule has 2 aromatic heterocycles. The average molecular weight is 333 g/mol. The number of hydrogen-bond donors (Lipinski definition) is 2. The van der Waals surface area contributed by atoms with Crippen molar-refractivity contribution in [3.05, 3.63) is 41.1 Å². The molecule has 3 heterocycles. The Kier molecular flexibility index (Phi) is 5.25. The summed E-state index contributed by atoms with van der Waals surface area (Å²) in [7, 11) is 2.22. The molecule has 2 aromatic rings. The zero-order valence-electron chi connectivity index (χ0n) is 14.5. The van der Waals surface area contributed by atoms with E-state index in [-0.39, 0.29) is 0 Å². The molecule has 6 heteroatoms. The van der Waals surface area contributed by atoms with Crippen molar-refractivity contribution >= 4 is 24.1 Å². The molecule has 1 saturated carbocycles. The standard InChI is InChI=1S/C17H20BN4O.C2H2/c1-10-21-16-14(11-4-5-11)13(6-7-19)18-15(16)17(22-10)20-9-12-3-2-8-23-12;1-2/h2-3,8,11H,4-7,9,19H2,1H3,(H,20,21,22);1-2H. The van der Waals surface area contributed by atoms with Crippen LogP contribution in [0.4, 0.5) is 5.82 Å². The number of aromatic nitrogens is 2. The topological polar surface area (TPSA) is 77.0 Å². The van der Waals surface area contributed by atoms with E-state index < -0.39 is 0 Å². The van der Waals surface area contributed by atoms with Gasteiger partial charge in [-0.2, -0.15) is 0 Å². The number of rotatable bonds is 6. The number of anilines is 1. The van der Waals surface area contributed by atoms with E-state index in [0.717, 1.165) is 35.0 Å². The van der Waals surface area contributed by atoms with Crippen LogP contribution in [0, 0.1) is 25.7 Å². The molecule has 4 rings (SSSR count). The molecule has 3 N–H and O–H groups in total. The van der Waals surface area contributed by atoms with Crippen molar-refractivity contribution < 1.29 is 4.42 Å². The van der Waals surface area contributed by atoms with Crippen molar-refractivity contribution in [2.75, 3.05) is 11.9 Å². The quantitative estimate of drug-likeness (QED) is 0.625. The van der Waals surface area contributed by atoms with E-state index >= 15 is 0 Å². The lowest BCUT2D eigenvalue weighted by Gasteiger charge is -2.12. The van der Waals surface area contributed by atoms with Crippen molar-refractivity contribution in [3.63, 3.8) is 0 Å². The highest BCUT2D eigenvalue weighted by Gasteiger charge is 2.36. The number of nitrogens with two attached hydrogens (primary N) is 1. The van der Waals surface area contributed by atoms with Gasteiger partial charge in [-0.15, -0.1) is 12.8 Å². The van der Waals surface area contributed by atoms with Crippen LogP contribution in [0.1, 0.15) is 36.5 Å². The Morgan fingerprint density at radius 3 is 2.80 bits per heavy atom. The van der Waals surface area contributed by atoms with E-state index in [2.05, 4.69) is 30.4 Å². The molecule has 1 fully saturated rings. The fourth-order valence-corrected chi connectivity index (χ4v) is 3.24. The van der Waals surface area contributed by atoms with Crippen LogP contribution < -0.4 is 16.5 Å². The third-order valence-electron chi connectivity index (χ3n) is 4.39. The van der Waals surface area contributed by atoms with Crippen LogP contribution in [0.25, 0.3) is 5.57 Å². The summed E-state index contributed by atoms with van der Waals surface area (Å²) in [4.78, 5) is 9.33. The highest BCUT2D eigenvalue weighted by atomic mass is 16.3. The first-order chi connectivity index (χ1) is 12.3. The zero-order chi connectivity index (χ0) is 17.8. The first-order valence-electron chi connectivity index (χ1n) is 8.52. The highest BCUT2D eigenvalue weighted by molar-refractivity contribution is 6.67. The number of aryl methyl sites for hydroxylation is 1. The maximum Gasteiger partial charge on any atom is 0.194 e. The molecule has 0 aromatic carbocycles. The van der Waals surface area contributed by atoms with Gasteiger partial charge in [-0.3, -0.25) is 0 Å². The van der Waals surface area contributed by atoms with E-state index in [4.69, 9.17) is 15.1 Å². The third kappa shape index (κ3) is 3.62. The molecule has 0 spiro atoms. The van der Waals surface area contributed by atoms with Gasteiger partial charge in [-0.25, -0.2) is 9.97 Å². The Bertz CT molecular complexity index is 791. The molecule has 1 aliphatic carbocycles. The summed E-state index contributed by atoms with van der Waals surface area (Å²) in [6, 6.07) is 3.85. The smallest absolute Gasteiger partial charge is 0.194 e. The van der Waals surface area contributed by atoms with Crippen LogP contribution in [0.15, 0.2) is 28.3 Å². The molecule has 0 atom stereocenters. The number of terminal acetylenes is 1. The lowest BCUT2D eigenvalue weighted by atomic mass is 9.65. The normalized spacial score (nSPS) is 15.2. The number of allylic oxidation sites excluding steroid dienone is 1. The van der Waals surface area contributed by atoms with Gasteiger partial charge >= 0.3 is 0 Å². The SMILES string of the molecule is C#C.Cc1nc(NCc2ccco2)c2c(n1)C(C1CC1)=C(CCN)[B]2. The summed E-state index contributed by atoms with van der Waals surface area (Å²) in [6.45, 7) is 3.23. The second kappa shape index (κ2) is 7.58. The molecule has 0 bridgehead atoms. The van der Waals surface area contributed by atoms with E-state index in [9.17, 15) is 0 Å². The van der Waals surface area contributed by atoms with E-state index in [0.29, 0.717) is 19.0 Å². The third-order valence-corrected chi connectivity index (χ3v) is 4.39. The summed E-state index contributed by atoms with van der Waals surface area (Å²) < 4.78 is 5.39. The Hall–Kier alpha value is -2.52. The Morgan fingerprint density at radius 1 is 1.36 bits per heavy atom. The molecule has 0 amide bonds. The number of nitrogens with one attached hydrogen (secondary N) is 1. The molecule has 5 nitrogen and oxygen atoms in total. The van der Waals surface area contributed by atoms with Crippen LogP contribution in [-0.4, -0.2) is 23.8 Å². The molecule has 25 heavy (non-hydrogen) atoms. The van der Waals surface area contributed by atoms with Gasteiger partial charge in [-0.1, -0.05) is 5.47 Å². The second-order valence-corrected chi connectivity index (χ2v) is 6.21. The molecular formula is C19H22BN4O. The summed E-state index contributed by atoms with van der Waals surface area (Å²) in [5, 5.41) is 3.40. The van der Waals surface area contributed by atoms with Gasteiger partial charge in [0.25, 0.3) is 0 Å². The van der Waals surface area contributed by atoms with E-state index in [1.54, 1.807) is 6.26 Å². The average Bonchev–Trinajstić information content (AvgIpc) is 3.18. The van der Waals surface area contributed by atoms with Crippen molar-refractivity contribution in [3.8, 4) is 12.8 Å². The predicted octanol–water partition coefficient (Wildman–Crippen LogP) is 2.05. The molecular weight excluding hydrogens is 311 g/mol. The van der Waals surface area contributed by atoms with E-state index in [1.165, 1.54) is 23.9 Å². The van der Waals surface area contributed by atoms with Crippen LogP contribution >= 0.6 is 0 Å².